The molecule has 1 N–H and O–H groups in total. The van der Waals surface area contributed by atoms with Gasteiger partial charge in [0.25, 0.3) is 0 Å². The van der Waals surface area contributed by atoms with E-state index in [9.17, 15) is 0 Å². The van der Waals surface area contributed by atoms with Gasteiger partial charge in [-0.15, -0.1) is 0 Å². The minimum Gasteiger partial charge on any atom is -0.388 e. The zero-order valence-electron chi connectivity index (χ0n) is 3.07. The Kier molecular flexibility index (Phi) is 1.69. The van der Waals surface area contributed by atoms with Crippen molar-refractivity contribution < 1.29 is 5.11 Å². The van der Waals surface area contributed by atoms with E-state index in [0.717, 1.165) is 0 Å². The van der Waals surface area contributed by atoms with Crippen molar-refractivity contribution in [2.45, 2.75) is 0 Å². The van der Waals surface area contributed by atoms with E-state index >= 15 is 0 Å². The molecule has 0 unspecified atom stereocenters. The highest BCUT2D eigenvalue weighted by Crippen LogP contribution is 1.75. The van der Waals surface area contributed by atoms with E-state index in [4.69, 9.17) is 5.11 Å². The normalized spacial score (nSPS) is 7.40. The van der Waals surface area contributed by atoms with Crippen molar-refractivity contribution in [1.29, 1.82) is 0 Å². The Balaban J connectivity index is 2.85. The summed E-state index contributed by atoms with van der Waals surface area (Å²) in [6, 6.07) is 0. The first kappa shape index (κ1) is 4.57. The molecule has 0 bridgehead atoms. The Morgan fingerprint density at radius 2 is 2.20 bits per heavy atom. The Morgan fingerprint density at radius 3 is 2.20 bits per heavy atom. The van der Waals surface area contributed by atoms with Crippen LogP contribution in [0.2, 0.25) is 0 Å². The molecule has 5 heavy (non-hydrogen) atoms. The summed E-state index contributed by atoms with van der Waals surface area (Å²) >= 11 is 0. The number of aliphatic hydroxyl groups is 1. The molecule has 0 spiro atoms. The molecule has 1 nitrogen and oxygen atoms in total. The Labute approximate surface area is 31.9 Å². The van der Waals surface area contributed by atoms with Gasteiger partial charge in [-0.3, -0.25) is 0 Å². The summed E-state index contributed by atoms with van der Waals surface area (Å²) < 4.78 is 0. The molecule has 0 aromatic carbocycles. The van der Waals surface area contributed by atoms with Crippen LogP contribution in [0.4, 0.5) is 0 Å². The topological polar surface area (TPSA) is 20.2 Å². The highest BCUT2D eigenvalue weighted by molar-refractivity contribution is 4.96. The van der Waals surface area contributed by atoms with Gasteiger partial charge in [0, 0.05) is 13.5 Å². The largest absolute Gasteiger partial charge is 0.388 e. The predicted octanol–water partition coefficient (Wildman–Crippen LogP) is 0.369. The lowest BCUT2D eigenvalue weighted by molar-refractivity contribution is 0.335. The molecule has 28 valence electrons. The van der Waals surface area contributed by atoms with E-state index in [1.807, 2.05) is 0 Å². The molecule has 0 heterocycles. The summed E-state index contributed by atoms with van der Waals surface area (Å²) in [5.74, 6) is 0. The van der Waals surface area contributed by atoms with Gasteiger partial charge < -0.3 is 5.11 Å². The summed E-state index contributed by atoms with van der Waals surface area (Å²) in [7, 11) is 0. The molecule has 0 radical (unpaired) electrons. The highest BCUT2D eigenvalue weighted by Gasteiger charge is 1.79. The standard InChI is InChI=1S/C4H7O/c1-4(2)3-5/h5H,1-3H2/q+1. The second kappa shape index (κ2) is 1.85. The monoisotopic (exact) mass is 71.0 g/mol. The first-order valence-corrected chi connectivity index (χ1v) is 1.38. The minimum absolute atomic E-state index is 0. The van der Waals surface area contributed by atoms with Crippen LogP contribution in [0.3, 0.4) is 0 Å². The maximum absolute atomic E-state index is 7.98. The number of hydrogen-bond acceptors (Lipinski definition) is 1. The third-order valence-corrected chi connectivity index (χ3v) is 0.224. The molecule has 0 aliphatic heterocycles. The lowest BCUT2D eigenvalue weighted by Crippen LogP contribution is -1.77. The molecular formula is C4H7O+. The van der Waals surface area contributed by atoms with Gasteiger partial charge in [-0.05, 0) is 0 Å². The number of rotatable bonds is 1. The van der Waals surface area contributed by atoms with E-state index in [-0.39, 0.29) is 6.61 Å². The van der Waals surface area contributed by atoms with Crippen LogP contribution in [0.15, 0.2) is 12.2 Å². The van der Waals surface area contributed by atoms with Crippen molar-refractivity contribution in [3.8, 4) is 0 Å². The minimum atomic E-state index is 0. The molecule has 0 fully saturated rings. The third kappa shape index (κ3) is 3.57. The second-order valence-electron chi connectivity index (χ2n) is 0.908. The van der Waals surface area contributed by atoms with Crippen LogP contribution in [0, 0.1) is 6.92 Å². The molecule has 0 aliphatic rings. The van der Waals surface area contributed by atoms with Crippen LogP contribution in [0.25, 0.3) is 0 Å². The van der Waals surface area contributed by atoms with Gasteiger partial charge in [-0.25, -0.2) is 0 Å². The van der Waals surface area contributed by atoms with Crippen molar-refractivity contribution in [2.75, 3.05) is 6.61 Å². The van der Waals surface area contributed by atoms with Crippen LogP contribution >= 0.6 is 0 Å². The van der Waals surface area contributed by atoms with Gasteiger partial charge in [0.15, 0.2) is 0 Å². The van der Waals surface area contributed by atoms with Crippen LogP contribution in [-0.4, -0.2) is 11.7 Å². The average molecular weight is 71.1 g/mol. The van der Waals surface area contributed by atoms with E-state index in [0.29, 0.717) is 5.57 Å². The number of aliphatic hydroxyl groups excluding tert-OH is 1. The smallest absolute Gasteiger partial charge is 0.122 e. The Hall–Kier alpha value is -0.430. The van der Waals surface area contributed by atoms with Crippen LogP contribution in [0.5, 0.6) is 0 Å². The van der Waals surface area contributed by atoms with Crippen LogP contribution in [0.1, 0.15) is 0 Å². The SMILES string of the molecule is C=C([CH2+])CO. The molecule has 0 amide bonds. The Morgan fingerprint density at radius 1 is 2.00 bits per heavy atom. The fourth-order valence-electron chi connectivity index (χ4n) is 0. The first-order valence-electron chi connectivity index (χ1n) is 1.38. The van der Waals surface area contributed by atoms with Crippen molar-refractivity contribution in [3.63, 3.8) is 0 Å². The molecule has 0 saturated heterocycles. The maximum Gasteiger partial charge on any atom is 0.122 e. The molecule has 0 rings (SSSR count). The maximum atomic E-state index is 7.98. The summed E-state index contributed by atoms with van der Waals surface area (Å²) in [5.41, 5.74) is 0.560. The molecule has 0 saturated carbocycles. The molecule has 1 heteroatoms. The third-order valence-electron chi connectivity index (χ3n) is 0.224. The van der Waals surface area contributed by atoms with Crippen molar-refractivity contribution >= 4 is 0 Å². The molecule has 0 aromatic rings. The lowest BCUT2D eigenvalue weighted by atomic mass is 10.4. The summed E-state index contributed by atoms with van der Waals surface area (Å²) in [4.78, 5) is 0. The predicted molar refractivity (Wildman–Crippen MR) is 21.6 cm³/mol. The van der Waals surface area contributed by atoms with E-state index in [1.165, 1.54) is 0 Å². The average Bonchev–Trinajstić information content (AvgIpc) is 1.38. The number of hydrogen-bond donors (Lipinski definition) is 1. The van der Waals surface area contributed by atoms with Gasteiger partial charge in [-0.1, -0.05) is 0 Å². The fourth-order valence-corrected chi connectivity index (χ4v) is 0. The van der Waals surface area contributed by atoms with Crippen LogP contribution in [-0.2, 0) is 0 Å². The molecule has 0 atom stereocenters. The Bertz CT molecular complexity index is 38.9. The zero-order chi connectivity index (χ0) is 4.28. The second-order valence-corrected chi connectivity index (χ2v) is 0.908. The van der Waals surface area contributed by atoms with Gasteiger partial charge in [0.1, 0.15) is 12.2 Å². The van der Waals surface area contributed by atoms with E-state index in [1.54, 1.807) is 0 Å². The van der Waals surface area contributed by atoms with Gasteiger partial charge in [0.05, 0.1) is 0 Å². The quantitative estimate of drug-likeness (QED) is 0.443. The van der Waals surface area contributed by atoms with Crippen molar-refractivity contribution in [2.24, 2.45) is 0 Å². The molecule has 0 aliphatic carbocycles. The van der Waals surface area contributed by atoms with Crippen LogP contribution < -0.4 is 0 Å². The summed E-state index contributed by atoms with van der Waals surface area (Å²) in [6.45, 7) is 6.62. The highest BCUT2D eigenvalue weighted by atomic mass is 16.3. The van der Waals surface area contributed by atoms with Gasteiger partial charge >= 0.3 is 0 Å². The van der Waals surface area contributed by atoms with Gasteiger partial charge in [-0.2, -0.15) is 0 Å². The van der Waals surface area contributed by atoms with Crippen molar-refractivity contribution in [3.05, 3.63) is 19.1 Å². The molecule has 0 aromatic heterocycles. The zero-order valence-corrected chi connectivity index (χ0v) is 3.07. The fraction of sp³-hybridized carbons (Fsp3) is 0.250. The van der Waals surface area contributed by atoms with Crippen molar-refractivity contribution in [1.82, 2.24) is 0 Å². The lowest BCUT2D eigenvalue weighted by Gasteiger charge is -1.70. The van der Waals surface area contributed by atoms with E-state index < -0.39 is 0 Å². The van der Waals surface area contributed by atoms with Gasteiger partial charge in [0.2, 0.25) is 0 Å². The first-order chi connectivity index (χ1) is 2.27. The summed E-state index contributed by atoms with van der Waals surface area (Å²) in [5, 5.41) is 7.98. The van der Waals surface area contributed by atoms with E-state index in [2.05, 4.69) is 13.5 Å². The molecular weight excluding hydrogens is 64.0 g/mol. The summed E-state index contributed by atoms with van der Waals surface area (Å²) in [6.07, 6.45) is 0.